The Hall–Kier alpha value is -2.21. The molecule has 0 radical (unpaired) electrons. The van der Waals surface area contributed by atoms with Crippen molar-refractivity contribution in [3.63, 3.8) is 0 Å². The van der Waals surface area contributed by atoms with Gasteiger partial charge in [-0.3, -0.25) is 9.48 Å². The highest BCUT2D eigenvalue weighted by molar-refractivity contribution is 5.92. The molecular formula is C14H16FN3O2. The van der Waals surface area contributed by atoms with Gasteiger partial charge in [0.15, 0.2) is 0 Å². The number of aliphatic hydroxyl groups excluding tert-OH is 1. The summed E-state index contributed by atoms with van der Waals surface area (Å²) in [5.74, 6) is -0.634. The first kappa shape index (κ1) is 14.2. The first-order valence-electron chi connectivity index (χ1n) is 6.27. The van der Waals surface area contributed by atoms with Crippen molar-refractivity contribution in [3.8, 4) is 0 Å². The summed E-state index contributed by atoms with van der Waals surface area (Å²) < 4.78 is 14.6. The number of aromatic nitrogens is 2. The molecule has 0 saturated carbocycles. The summed E-state index contributed by atoms with van der Waals surface area (Å²) in [6.45, 7) is 2.27. The van der Waals surface area contributed by atoms with Gasteiger partial charge in [0, 0.05) is 12.7 Å². The Morgan fingerprint density at radius 2 is 2.25 bits per heavy atom. The maximum absolute atomic E-state index is 13.2. The minimum atomic E-state index is -0.329. The van der Waals surface area contributed by atoms with Gasteiger partial charge >= 0.3 is 0 Å². The van der Waals surface area contributed by atoms with Crippen LogP contribution >= 0.6 is 0 Å². The van der Waals surface area contributed by atoms with Crippen LogP contribution in [-0.4, -0.2) is 27.4 Å². The molecule has 0 bridgehead atoms. The molecule has 2 aromatic rings. The molecular weight excluding hydrogens is 261 g/mol. The average Bonchev–Trinajstić information content (AvgIpc) is 2.88. The fourth-order valence-electron chi connectivity index (χ4n) is 1.90. The molecule has 0 aliphatic heterocycles. The van der Waals surface area contributed by atoms with E-state index in [0.717, 1.165) is 11.1 Å². The lowest BCUT2D eigenvalue weighted by Gasteiger charge is -2.09. The van der Waals surface area contributed by atoms with Gasteiger partial charge in [-0.05, 0) is 36.2 Å². The molecule has 5 nitrogen and oxygen atoms in total. The Labute approximate surface area is 116 Å². The zero-order chi connectivity index (χ0) is 14.5. The van der Waals surface area contributed by atoms with Gasteiger partial charge in [-0.25, -0.2) is 4.39 Å². The largest absolute Gasteiger partial charge is 0.394 e. The number of amides is 1. The van der Waals surface area contributed by atoms with Crippen LogP contribution in [0.3, 0.4) is 0 Å². The lowest BCUT2D eigenvalue weighted by molar-refractivity contribution is 0.0938. The Balaban J connectivity index is 2.05. The number of aliphatic hydroxyl groups is 1. The van der Waals surface area contributed by atoms with E-state index in [1.54, 1.807) is 12.1 Å². The number of aryl methyl sites for hydroxylation is 1. The number of carbonyl (C=O) groups is 1. The minimum absolute atomic E-state index is 0.0923. The second kappa shape index (κ2) is 6.29. The molecule has 1 aromatic carbocycles. The van der Waals surface area contributed by atoms with Gasteiger partial charge in [0.2, 0.25) is 0 Å². The fraction of sp³-hybridized carbons (Fsp3) is 0.286. The van der Waals surface area contributed by atoms with Crippen molar-refractivity contribution in [1.82, 2.24) is 15.1 Å². The summed E-state index contributed by atoms with van der Waals surface area (Å²) in [5, 5.41) is 15.6. The van der Waals surface area contributed by atoms with Crippen LogP contribution in [0.4, 0.5) is 4.39 Å². The minimum Gasteiger partial charge on any atom is -0.394 e. The predicted octanol–water partition coefficient (Wildman–Crippen LogP) is 1.25. The van der Waals surface area contributed by atoms with Crippen molar-refractivity contribution in [1.29, 1.82) is 0 Å². The van der Waals surface area contributed by atoms with Crippen LogP contribution < -0.4 is 5.32 Å². The molecule has 0 fully saturated rings. The van der Waals surface area contributed by atoms with Crippen LogP contribution in [0.1, 0.15) is 21.6 Å². The molecule has 1 amide bonds. The third kappa shape index (κ3) is 3.21. The highest BCUT2D eigenvalue weighted by Gasteiger charge is 2.11. The summed E-state index contributed by atoms with van der Waals surface area (Å²) in [4.78, 5) is 12.0. The molecule has 1 heterocycles. The van der Waals surface area contributed by atoms with Gasteiger partial charge in [0.1, 0.15) is 11.5 Å². The molecule has 1 aromatic heterocycles. The fourth-order valence-corrected chi connectivity index (χ4v) is 1.90. The first-order valence-corrected chi connectivity index (χ1v) is 6.27. The van der Waals surface area contributed by atoms with E-state index in [0.29, 0.717) is 5.69 Å². The second-order valence-corrected chi connectivity index (χ2v) is 4.42. The highest BCUT2D eigenvalue weighted by Crippen LogP contribution is 2.10. The summed E-state index contributed by atoms with van der Waals surface area (Å²) in [6.07, 6.45) is 1.50. The van der Waals surface area contributed by atoms with Gasteiger partial charge in [0.25, 0.3) is 5.91 Å². The molecule has 0 unspecified atom stereocenters. The number of nitrogens with one attached hydrogen (secondary N) is 1. The van der Waals surface area contributed by atoms with Crippen LogP contribution in [0.2, 0.25) is 0 Å². The molecule has 0 aliphatic rings. The van der Waals surface area contributed by atoms with Crippen LogP contribution in [0, 0.1) is 12.7 Å². The molecule has 2 rings (SSSR count). The molecule has 106 valence electrons. The smallest absolute Gasteiger partial charge is 0.269 e. The standard InChI is InChI=1S/C14H16FN3O2/c1-10-2-3-12(15)8-11(10)9-16-14(20)13-4-5-17-18(13)6-7-19/h2-5,8,19H,6-7,9H2,1H3,(H,16,20). The first-order chi connectivity index (χ1) is 9.61. The molecule has 0 aliphatic carbocycles. The summed E-state index contributed by atoms with van der Waals surface area (Å²) in [6, 6.07) is 6.04. The third-order valence-electron chi connectivity index (χ3n) is 3.01. The number of carbonyl (C=O) groups excluding carboxylic acids is 1. The van der Waals surface area contributed by atoms with E-state index in [-0.39, 0.29) is 31.4 Å². The normalized spacial score (nSPS) is 10.6. The van der Waals surface area contributed by atoms with Crippen LogP contribution in [0.25, 0.3) is 0 Å². The summed E-state index contributed by atoms with van der Waals surface area (Å²) in [7, 11) is 0. The van der Waals surface area contributed by atoms with Crippen molar-refractivity contribution in [2.75, 3.05) is 6.61 Å². The van der Waals surface area contributed by atoms with Crippen LogP contribution in [0.15, 0.2) is 30.5 Å². The van der Waals surface area contributed by atoms with E-state index in [1.807, 2.05) is 6.92 Å². The SMILES string of the molecule is Cc1ccc(F)cc1CNC(=O)c1ccnn1CCO. The summed E-state index contributed by atoms with van der Waals surface area (Å²) in [5.41, 5.74) is 2.01. The third-order valence-corrected chi connectivity index (χ3v) is 3.01. The number of hydrogen-bond donors (Lipinski definition) is 2. The molecule has 6 heteroatoms. The van der Waals surface area contributed by atoms with Crippen LogP contribution in [-0.2, 0) is 13.1 Å². The van der Waals surface area contributed by atoms with Gasteiger partial charge in [-0.15, -0.1) is 0 Å². The average molecular weight is 277 g/mol. The van der Waals surface area contributed by atoms with E-state index in [4.69, 9.17) is 5.11 Å². The van der Waals surface area contributed by atoms with E-state index < -0.39 is 0 Å². The molecule has 20 heavy (non-hydrogen) atoms. The zero-order valence-corrected chi connectivity index (χ0v) is 11.1. The lowest BCUT2D eigenvalue weighted by Crippen LogP contribution is -2.26. The lowest BCUT2D eigenvalue weighted by atomic mass is 10.1. The van der Waals surface area contributed by atoms with Gasteiger partial charge in [-0.1, -0.05) is 6.07 Å². The van der Waals surface area contributed by atoms with Gasteiger partial charge in [-0.2, -0.15) is 5.10 Å². The maximum atomic E-state index is 13.2. The quantitative estimate of drug-likeness (QED) is 0.864. The van der Waals surface area contributed by atoms with Crippen molar-refractivity contribution in [2.24, 2.45) is 0 Å². The number of benzene rings is 1. The van der Waals surface area contributed by atoms with Gasteiger partial charge in [0.05, 0.1) is 13.2 Å². The van der Waals surface area contributed by atoms with E-state index in [1.165, 1.54) is 23.0 Å². The Morgan fingerprint density at radius 3 is 3.00 bits per heavy atom. The van der Waals surface area contributed by atoms with Crippen molar-refractivity contribution < 1.29 is 14.3 Å². The maximum Gasteiger partial charge on any atom is 0.269 e. The monoisotopic (exact) mass is 277 g/mol. The Morgan fingerprint density at radius 1 is 1.45 bits per heavy atom. The number of nitrogens with zero attached hydrogens (tertiary/aromatic N) is 2. The Bertz CT molecular complexity index is 610. The van der Waals surface area contributed by atoms with Gasteiger partial charge < -0.3 is 10.4 Å². The second-order valence-electron chi connectivity index (χ2n) is 4.42. The molecule has 0 atom stereocenters. The molecule has 0 spiro atoms. The van der Waals surface area contributed by atoms with E-state index in [9.17, 15) is 9.18 Å². The van der Waals surface area contributed by atoms with E-state index in [2.05, 4.69) is 10.4 Å². The van der Waals surface area contributed by atoms with E-state index >= 15 is 0 Å². The molecule has 2 N–H and O–H groups in total. The topological polar surface area (TPSA) is 67.2 Å². The Kier molecular flexibility index (Phi) is 4.47. The van der Waals surface area contributed by atoms with Crippen molar-refractivity contribution in [3.05, 3.63) is 53.1 Å². The number of rotatable bonds is 5. The van der Waals surface area contributed by atoms with Crippen molar-refractivity contribution in [2.45, 2.75) is 20.0 Å². The van der Waals surface area contributed by atoms with Crippen LogP contribution in [0.5, 0.6) is 0 Å². The number of hydrogen-bond acceptors (Lipinski definition) is 3. The number of halogens is 1. The summed E-state index contributed by atoms with van der Waals surface area (Å²) >= 11 is 0. The highest BCUT2D eigenvalue weighted by atomic mass is 19.1. The van der Waals surface area contributed by atoms with Crippen molar-refractivity contribution >= 4 is 5.91 Å². The molecule has 0 saturated heterocycles. The predicted molar refractivity (Wildman–Crippen MR) is 71.6 cm³/mol. The zero-order valence-electron chi connectivity index (χ0n) is 11.1.